The largest absolute Gasteiger partial charge is 0.326 e. The molecule has 0 aromatic heterocycles. The number of sulfonamides is 1. The van der Waals surface area contributed by atoms with Gasteiger partial charge in [-0.15, -0.1) is 6.42 Å². The van der Waals surface area contributed by atoms with E-state index in [2.05, 4.69) is 21.3 Å². The third kappa shape index (κ3) is 5.17. The highest BCUT2D eigenvalue weighted by Crippen LogP contribution is 2.17. The van der Waals surface area contributed by atoms with Crippen LogP contribution >= 0.6 is 0 Å². The summed E-state index contributed by atoms with van der Waals surface area (Å²) in [6, 6.07) is 12.2. The van der Waals surface area contributed by atoms with Gasteiger partial charge in [0.05, 0.1) is 11.4 Å². The second-order valence-corrected chi connectivity index (χ2v) is 7.04. The van der Waals surface area contributed by atoms with E-state index in [-0.39, 0.29) is 22.9 Å². The molecule has 0 atom stereocenters. The summed E-state index contributed by atoms with van der Waals surface area (Å²) in [6.45, 7) is 1.24. The number of rotatable bonds is 6. The summed E-state index contributed by atoms with van der Waals surface area (Å²) >= 11 is 0. The van der Waals surface area contributed by atoms with Crippen LogP contribution in [0.15, 0.2) is 53.4 Å². The fourth-order valence-electron chi connectivity index (χ4n) is 2.11. The topological polar surface area (TPSA) is 104 Å². The lowest BCUT2D eigenvalue weighted by atomic mass is 10.2. The van der Waals surface area contributed by atoms with Gasteiger partial charge in [-0.2, -0.15) is 4.72 Å². The van der Waals surface area contributed by atoms with Crippen molar-refractivity contribution < 1.29 is 18.0 Å². The summed E-state index contributed by atoms with van der Waals surface area (Å²) < 4.78 is 26.4. The Labute approximate surface area is 151 Å². The number of hydrogen-bond acceptors (Lipinski definition) is 4. The van der Waals surface area contributed by atoms with Crippen LogP contribution in [-0.4, -0.2) is 26.8 Å². The lowest BCUT2D eigenvalue weighted by Gasteiger charge is -2.09. The lowest BCUT2D eigenvalue weighted by Crippen LogP contribution is -2.24. The molecule has 0 radical (unpaired) electrons. The van der Waals surface area contributed by atoms with Crippen LogP contribution in [0, 0.1) is 12.3 Å². The van der Waals surface area contributed by atoms with Crippen LogP contribution in [0.1, 0.15) is 17.3 Å². The first kappa shape index (κ1) is 19.2. The molecule has 0 aliphatic carbocycles. The maximum Gasteiger partial charge on any atom is 0.255 e. The van der Waals surface area contributed by atoms with Gasteiger partial charge in [0.25, 0.3) is 5.91 Å². The lowest BCUT2D eigenvalue weighted by molar-refractivity contribution is -0.114. The summed E-state index contributed by atoms with van der Waals surface area (Å²) in [5.41, 5.74) is 1.16. The zero-order valence-corrected chi connectivity index (χ0v) is 14.8. The van der Waals surface area contributed by atoms with Gasteiger partial charge in [0.15, 0.2) is 0 Å². The minimum Gasteiger partial charge on any atom is -0.326 e. The Morgan fingerprint density at radius 2 is 1.69 bits per heavy atom. The van der Waals surface area contributed by atoms with E-state index in [4.69, 9.17) is 6.42 Å². The molecule has 7 nitrogen and oxygen atoms in total. The van der Waals surface area contributed by atoms with Crippen LogP contribution in [0.25, 0.3) is 0 Å². The van der Waals surface area contributed by atoms with Gasteiger partial charge in [0.2, 0.25) is 15.9 Å². The van der Waals surface area contributed by atoms with Crippen molar-refractivity contribution in [2.24, 2.45) is 0 Å². The van der Waals surface area contributed by atoms with E-state index < -0.39 is 15.9 Å². The van der Waals surface area contributed by atoms with Gasteiger partial charge in [-0.25, -0.2) is 8.42 Å². The molecule has 2 aromatic carbocycles. The Morgan fingerprint density at radius 3 is 2.35 bits per heavy atom. The molecular formula is C18H17N3O4S. The third-order valence-corrected chi connectivity index (χ3v) is 4.61. The highest BCUT2D eigenvalue weighted by Gasteiger charge is 2.15. The number of carbonyl (C=O) groups is 2. The number of terminal acetylenes is 1. The maximum absolute atomic E-state index is 12.4. The molecule has 0 fully saturated rings. The van der Waals surface area contributed by atoms with Crippen molar-refractivity contribution in [1.82, 2.24) is 4.72 Å². The van der Waals surface area contributed by atoms with Crippen LogP contribution in [0.2, 0.25) is 0 Å². The Kier molecular flexibility index (Phi) is 6.11. The van der Waals surface area contributed by atoms with Crippen molar-refractivity contribution in [3.8, 4) is 12.3 Å². The van der Waals surface area contributed by atoms with E-state index in [9.17, 15) is 18.0 Å². The molecule has 0 heterocycles. The molecule has 2 rings (SSSR count). The molecule has 134 valence electrons. The summed E-state index contributed by atoms with van der Waals surface area (Å²) in [7, 11) is -3.79. The first-order chi connectivity index (χ1) is 12.3. The number of hydrogen-bond donors (Lipinski definition) is 3. The summed E-state index contributed by atoms with van der Waals surface area (Å²) in [5.74, 6) is 1.47. The van der Waals surface area contributed by atoms with E-state index in [1.807, 2.05) is 0 Å². The average Bonchev–Trinajstić information content (AvgIpc) is 2.60. The Hall–Kier alpha value is -3.15. The van der Waals surface area contributed by atoms with E-state index in [0.29, 0.717) is 11.4 Å². The molecule has 0 saturated heterocycles. The zero-order valence-electron chi connectivity index (χ0n) is 13.9. The molecule has 2 aromatic rings. The molecule has 26 heavy (non-hydrogen) atoms. The van der Waals surface area contributed by atoms with Crippen molar-refractivity contribution >= 4 is 33.2 Å². The van der Waals surface area contributed by atoms with Crippen molar-refractivity contribution in [3.05, 3.63) is 54.1 Å². The summed E-state index contributed by atoms with van der Waals surface area (Å²) in [5, 5.41) is 5.27. The highest BCUT2D eigenvalue weighted by molar-refractivity contribution is 7.89. The van der Waals surface area contributed by atoms with Crippen LogP contribution in [-0.2, 0) is 14.8 Å². The molecule has 0 saturated carbocycles. The van der Waals surface area contributed by atoms with Gasteiger partial charge in [-0.1, -0.05) is 18.1 Å². The fraction of sp³-hybridized carbons (Fsp3) is 0.111. The van der Waals surface area contributed by atoms with Gasteiger partial charge in [0.1, 0.15) is 0 Å². The molecule has 0 spiro atoms. The number of nitrogens with one attached hydrogen (secondary N) is 3. The van der Waals surface area contributed by atoms with Gasteiger partial charge < -0.3 is 10.6 Å². The van der Waals surface area contributed by atoms with Crippen LogP contribution in [0.4, 0.5) is 11.4 Å². The highest BCUT2D eigenvalue weighted by atomic mass is 32.2. The SMILES string of the molecule is C#CCNS(=O)(=O)c1cccc(C(=O)Nc2cccc(NC(C)=O)c2)c1. The molecule has 0 aliphatic heterocycles. The normalized spacial score (nSPS) is 10.6. The van der Waals surface area contributed by atoms with Crippen LogP contribution < -0.4 is 15.4 Å². The molecule has 3 N–H and O–H groups in total. The summed E-state index contributed by atoms with van der Waals surface area (Å²) in [4.78, 5) is 23.4. The van der Waals surface area contributed by atoms with Crippen molar-refractivity contribution in [2.45, 2.75) is 11.8 Å². The zero-order chi connectivity index (χ0) is 19.2. The summed E-state index contributed by atoms with van der Waals surface area (Å²) in [6.07, 6.45) is 5.05. The molecular weight excluding hydrogens is 354 g/mol. The minimum atomic E-state index is -3.79. The van der Waals surface area contributed by atoms with E-state index in [1.165, 1.54) is 31.2 Å². The molecule has 0 aliphatic rings. The molecule has 0 bridgehead atoms. The Morgan fingerprint density at radius 1 is 1.04 bits per heavy atom. The van der Waals surface area contributed by atoms with Crippen molar-refractivity contribution in [3.63, 3.8) is 0 Å². The van der Waals surface area contributed by atoms with Gasteiger partial charge in [-0.05, 0) is 36.4 Å². The Bertz CT molecular complexity index is 978. The molecule has 0 unspecified atom stereocenters. The first-order valence-electron chi connectivity index (χ1n) is 7.54. The van der Waals surface area contributed by atoms with Crippen molar-refractivity contribution in [2.75, 3.05) is 17.2 Å². The molecule has 8 heteroatoms. The fourth-order valence-corrected chi connectivity index (χ4v) is 3.09. The average molecular weight is 371 g/mol. The number of benzene rings is 2. The standard InChI is InChI=1S/C18H17N3O4S/c1-3-10-19-26(24,25)17-9-4-6-14(11-17)18(23)21-16-8-5-7-15(12-16)20-13(2)22/h1,4-9,11-12,19H,10H2,2H3,(H,20,22)(H,21,23). The van der Waals surface area contributed by atoms with E-state index in [0.717, 1.165) is 0 Å². The van der Waals surface area contributed by atoms with Gasteiger partial charge in [-0.3, -0.25) is 9.59 Å². The third-order valence-electron chi connectivity index (χ3n) is 3.21. The monoisotopic (exact) mass is 371 g/mol. The second-order valence-electron chi connectivity index (χ2n) is 5.27. The second kappa shape index (κ2) is 8.29. The van der Waals surface area contributed by atoms with Crippen LogP contribution in [0.3, 0.4) is 0 Å². The predicted octanol–water partition coefficient (Wildman–Crippen LogP) is 1.81. The quantitative estimate of drug-likeness (QED) is 0.674. The number of carbonyl (C=O) groups excluding carboxylic acids is 2. The Balaban J connectivity index is 2.19. The van der Waals surface area contributed by atoms with Gasteiger partial charge in [0, 0.05) is 23.9 Å². The smallest absolute Gasteiger partial charge is 0.255 e. The minimum absolute atomic E-state index is 0.0626. The maximum atomic E-state index is 12.4. The number of amides is 2. The molecule has 2 amide bonds. The first-order valence-corrected chi connectivity index (χ1v) is 9.02. The number of anilines is 2. The van der Waals surface area contributed by atoms with E-state index >= 15 is 0 Å². The van der Waals surface area contributed by atoms with Gasteiger partial charge >= 0.3 is 0 Å². The van der Waals surface area contributed by atoms with E-state index in [1.54, 1.807) is 24.3 Å². The predicted molar refractivity (Wildman–Crippen MR) is 99.2 cm³/mol. The van der Waals surface area contributed by atoms with Crippen molar-refractivity contribution in [1.29, 1.82) is 0 Å². The van der Waals surface area contributed by atoms with Crippen LogP contribution in [0.5, 0.6) is 0 Å².